The molecule has 1 heterocycles. The van der Waals surface area contributed by atoms with Crippen LogP contribution in [-0.2, 0) is 4.79 Å². The Kier molecular flexibility index (Phi) is 8.79. The normalized spacial score (nSPS) is 27.4. The molecule has 5 nitrogen and oxygen atoms in total. The van der Waals surface area contributed by atoms with Gasteiger partial charge in [0.15, 0.2) is 0 Å². The summed E-state index contributed by atoms with van der Waals surface area (Å²) in [6.07, 6.45) is 9.60. The Morgan fingerprint density at radius 1 is 1.26 bits per heavy atom. The summed E-state index contributed by atoms with van der Waals surface area (Å²) in [6, 6.07) is 8.25. The molecular formula is C26H42N2O3. The lowest BCUT2D eigenvalue weighted by Crippen LogP contribution is -2.56. The number of carbonyl (C=O) groups is 1. The number of piperidine rings is 1. The first-order valence-electron chi connectivity index (χ1n) is 12.4. The number of aliphatic hydroxyl groups is 1. The summed E-state index contributed by atoms with van der Waals surface area (Å²) in [5.41, 5.74) is 0.566. The fraction of sp³-hybridized carbons (Fsp3) is 0.731. The van der Waals surface area contributed by atoms with E-state index in [4.69, 9.17) is 4.74 Å². The Balaban J connectivity index is 1.71. The third-order valence-corrected chi connectivity index (χ3v) is 7.61. The zero-order chi connectivity index (χ0) is 22.3. The van der Waals surface area contributed by atoms with Gasteiger partial charge in [0.2, 0.25) is 5.91 Å². The van der Waals surface area contributed by atoms with Crippen molar-refractivity contribution in [1.29, 1.82) is 0 Å². The number of benzene rings is 1. The van der Waals surface area contributed by atoms with Crippen LogP contribution in [0.25, 0.3) is 0 Å². The van der Waals surface area contributed by atoms with E-state index >= 15 is 0 Å². The minimum Gasteiger partial charge on any atom is -0.497 e. The molecule has 1 saturated heterocycles. The molecule has 1 aromatic carbocycles. The number of fused-ring (bicyclic) bond motifs is 1. The lowest BCUT2D eigenvalue weighted by Gasteiger charge is -2.52. The van der Waals surface area contributed by atoms with Gasteiger partial charge >= 0.3 is 0 Å². The predicted octanol–water partition coefficient (Wildman–Crippen LogP) is 4.70. The minimum atomic E-state index is -0.608. The van der Waals surface area contributed by atoms with Crippen molar-refractivity contribution in [3.05, 3.63) is 29.8 Å². The molecule has 0 radical (unpaired) electrons. The van der Waals surface area contributed by atoms with Gasteiger partial charge in [-0.15, -0.1) is 0 Å². The van der Waals surface area contributed by atoms with E-state index in [1.54, 1.807) is 7.11 Å². The van der Waals surface area contributed by atoms with Gasteiger partial charge in [-0.25, -0.2) is 0 Å². The molecule has 3 rings (SSSR count). The first-order valence-corrected chi connectivity index (χ1v) is 12.4. The first-order chi connectivity index (χ1) is 15.0. The van der Waals surface area contributed by atoms with Crippen molar-refractivity contribution in [3.8, 4) is 5.75 Å². The molecule has 174 valence electrons. The number of ether oxygens (including phenoxy) is 1. The van der Waals surface area contributed by atoms with E-state index in [0.29, 0.717) is 12.5 Å². The van der Waals surface area contributed by atoms with E-state index in [0.717, 1.165) is 57.4 Å². The lowest BCUT2D eigenvalue weighted by molar-refractivity contribution is -0.138. The van der Waals surface area contributed by atoms with E-state index in [2.05, 4.69) is 36.2 Å². The van der Waals surface area contributed by atoms with Gasteiger partial charge in [-0.1, -0.05) is 58.1 Å². The van der Waals surface area contributed by atoms with E-state index in [-0.39, 0.29) is 17.9 Å². The molecular weight excluding hydrogens is 388 g/mol. The zero-order valence-electron chi connectivity index (χ0n) is 19.7. The smallest absolute Gasteiger partial charge is 0.234 e. The molecule has 1 aliphatic carbocycles. The van der Waals surface area contributed by atoms with Crippen LogP contribution in [0.3, 0.4) is 0 Å². The van der Waals surface area contributed by atoms with Crippen LogP contribution in [0, 0.1) is 11.8 Å². The minimum absolute atomic E-state index is 0.0674. The van der Waals surface area contributed by atoms with E-state index in [9.17, 15) is 9.90 Å². The van der Waals surface area contributed by atoms with Crippen LogP contribution in [0.4, 0.5) is 0 Å². The molecule has 0 bridgehead atoms. The molecule has 1 amide bonds. The quantitative estimate of drug-likeness (QED) is 0.565. The van der Waals surface area contributed by atoms with Gasteiger partial charge in [-0.3, -0.25) is 9.69 Å². The second-order valence-electron chi connectivity index (χ2n) is 9.61. The largest absolute Gasteiger partial charge is 0.497 e. The molecule has 0 spiro atoms. The highest BCUT2D eigenvalue weighted by Crippen LogP contribution is 2.49. The standard InChI is InChI=1S/C26H42N2O3/c1-4-6-9-20(5-2)18-27-24(29)19-28-17-16-26(30)15-8-7-10-23(26)25(28)21-11-13-22(31-3)14-12-21/h11-14,20,23,25,30H,4-10,15-19H2,1-3H3,(H,27,29)/t20-,23+,25+,26+/m0/s1. The number of likely N-dealkylation sites (tertiary alicyclic amines) is 1. The van der Waals surface area contributed by atoms with Crippen LogP contribution in [0.5, 0.6) is 5.75 Å². The summed E-state index contributed by atoms with van der Waals surface area (Å²) in [6.45, 7) is 6.34. The van der Waals surface area contributed by atoms with Gasteiger partial charge in [0.25, 0.3) is 0 Å². The summed E-state index contributed by atoms with van der Waals surface area (Å²) in [5, 5.41) is 14.6. The molecule has 1 aromatic rings. The van der Waals surface area contributed by atoms with Crippen molar-refractivity contribution < 1.29 is 14.6 Å². The molecule has 0 aromatic heterocycles. The fourth-order valence-electron chi connectivity index (χ4n) is 5.61. The Labute approximate surface area is 188 Å². The molecule has 1 saturated carbocycles. The van der Waals surface area contributed by atoms with E-state index in [1.807, 2.05) is 12.1 Å². The molecule has 31 heavy (non-hydrogen) atoms. The monoisotopic (exact) mass is 430 g/mol. The summed E-state index contributed by atoms with van der Waals surface area (Å²) in [5.74, 6) is 1.67. The number of amides is 1. The molecule has 0 unspecified atom stereocenters. The Bertz CT molecular complexity index is 692. The van der Waals surface area contributed by atoms with Gasteiger partial charge in [0.05, 0.1) is 19.3 Å². The Morgan fingerprint density at radius 3 is 2.71 bits per heavy atom. The average Bonchev–Trinajstić information content (AvgIpc) is 2.79. The fourth-order valence-corrected chi connectivity index (χ4v) is 5.61. The van der Waals surface area contributed by atoms with Gasteiger partial charge < -0.3 is 15.2 Å². The number of hydrogen-bond donors (Lipinski definition) is 2. The van der Waals surface area contributed by atoms with Gasteiger partial charge in [0, 0.05) is 25.0 Å². The highest BCUT2D eigenvalue weighted by Gasteiger charge is 2.49. The highest BCUT2D eigenvalue weighted by molar-refractivity contribution is 5.78. The van der Waals surface area contributed by atoms with Gasteiger partial charge in [-0.05, 0) is 49.3 Å². The molecule has 2 N–H and O–H groups in total. The SMILES string of the molecule is CCCC[C@H](CC)CNC(=O)CN1CC[C@]2(O)CCCC[C@@H]2[C@H]1c1ccc(OC)cc1. The number of nitrogens with one attached hydrogen (secondary N) is 1. The molecule has 1 aliphatic heterocycles. The third-order valence-electron chi connectivity index (χ3n) is 7.61. The summed E-state index contributed by atoms with van der Waals surface area (Å²) >= 11 is 0. The van der Waals surface area contributed by atoms with Crippen molar-refractivity contribution in [1.82, 2.24) is 10.2 Å². The number of carbonyl (C=O) groups excluding carboxylic acids is 1. The van der Waals surface area contributed by atoms with Gasteiger partial charge in [0.1, 0.15) is 5.75 Å². The van der Waals surface area contributed by atoms with Crippen LogP contribution in [0.2, 0.25) is 0 Å². The number of unbranched alkanes of at least 4 members (excludes halogenated alkanes) is 1. The number of methoxy groups -OCH3 is 1. The van der Waals surface area contributed by atoms with Crippen LogP contribution in [0.1, 0.15) is 83.2 Å². The number of hydrogen-bond acceptors (Lipinski definition) is 4. The maximum atomic E-state index is 12.9. The highest BCUT2D eigenvalue weighted by atomic mass is 16.5. The average molecular weight is 431 g/mol. The summed E-state index contributed by atoms with van der Waals surface area (Å²) in [7, 11) is 1.68. The number of rotatable bonds is 10. The van der Waals surface area contributed by atoms with Crippen molar-refractivity contribution in [3.63, 3.8) is 0 Å². The molecule has 4 atom stereocenters. The zero-order valence-corrected chi connectivity index (χ0v) is 19.7. The molecule has 5 heteroatoms. The van der Waals surface area contributed by atoms with Crippen molar-refractivity contribution in [2.75, 3.05) is 26.7 Å². The van der Waals surface area contributed by atoms with Crippen LogP contribution >= 0.6 is 0 Å². The van der Waals surface area contributed by atoms with Crippen molar-refractivity contribution in [2.24, 2.45) is 11.8 Å². The lowest BCUT2D eigenvalue weighted by atomic mass is 9.66. The summed E-state index contributed by atoms with van der Waals surface area (Å²) < 4.78 is 5.34. The molecule has 2 fully saturated rings. The van der Waals surface area contributed by atoms with Crippen LogP contribution < -0.4 is 10.1 Å². The van der Waals surface area contributed by atoms with E-state index < -0.39 is 5.60 Å². The second-order valence-corrected chi connectivity index (χ2v) is 9.61. The Hall–Kier alpha value is -1.59. The van der Waals surface area contributed by atoms with Crippen molar-refractivity contribution in [2.45, 2.75) is 83.3 Å². The van der Waals surface area contributed by atoms with Crippen molar-refractivity contribution >= 4 is 5.91 Å². The van der Waals surface area contributed by atoms with Gasteiger partial charge in [-0.2, -0.15) is 0 Å². The first kappa shape index (κ1) is 24.1. The van der Waals surface area contributed by atoms with Crippen LogP contribution in [0.15, 0.2) is 24.3 Å². The topological polar surface area (TPSA) is 61.8 Å². The Morgan fingerprint density at radius 2 is 2.03 bits per heavy atom. The molecule has 2 aliphatic rings. The predicted molar refractivity (Wildman–Crippen MR) is 125 cm³/mol. The van der Waals surface area contributed by atoms with Crippen LogP contribution in [-0.4, -0.2) is 48.3 Å². The van der Waals surface area contributed by atoms with E-state index in [1.165, 1.54) is 24.8 Å². The maximum absolute atomic E-state index is 12.9. The number of nitrogens with zero attached hydrogens (tertiary/aromatic N) is 1. The summed E-state index contributed by atoms with van der Waals surface area (Å²) in [4.78, 5) is 15.2. The maximum Gasteiger partial charge on any atom is 0.234 e. The third kappa shape index (κ3) is 6.01. The second kappa shape index (κ2) is 11.3.